The van der Waals surface area contributed by atoms with E-state index in [1.165, 1.54) is 0 Å². The smallest absolute Gasteiger partial charge is 0.261 e. The molecular formula is C23H20ClN3O2. The van der Waals surface area contributed by atoms with Gasteiger partial charge in [-0.05, 0) is 36.4 Å². The molecule has 1 heterocycles. The molecule has 5 nitrogen and oxygen atoms in total. The summed E-state index contributed by atoms with van der Waals surface area (Å²) in [4.78, 5) is 17.9. The van der Waals surface area contributed by atoms with Gasteiger partial charge in [0, 0.05) is 22.8 Å². The predicted molar refractivity (Wildman–Crippen MR) is 117 cm³/mol. The number of hydrogen-bond donors (Lipinski definition) is 2. The van der Waals surface area contributed by atoms with Crippen LogP contribution in [0.5, 0.6) is 0 Å². The van der Waals surface area contributed by atoms with Gasteiger partial charge in [-0.2, -0.15) is 0 Å². The number of aliphatic hydroxyl groups excluding tert-OH is 1. The zero-order valence-corrected chi connectivity index (χ0v) is 16.4. The Morgan fingerprint density at radius 1 is 0.966 bits per heavy atom. The first-order valence-electron chi connectivity index (χ1n) is 9.34. The molecule has 4 rings (SSSR count). The van der Waals surface area contributed by atoms with Crippen molar-refractivity contribution in [2.24, 2.45) is 0 Å². The van der Waals surface area contributed by atoms with Crippen LogP contribution in [-0.2, 0) is 6.54 Å². The molecule has 3 aromatic carbocycles. The Bertz CT molecular complexity index is 1170. The molecule has 146 valence electrons. The van der Waals surface area contributed by atoms with Crippen molar-refractivity contribution < 1.29 is 5.11 Å². The quantitative estimate of drug-likeness (QED) is 0.504. The highest BCUT2D eigenvalue weighted by molar-refractivity contribution is 6.30. The summed E-state index contributed by atoms with van der Waals surface area (Å²) < 4.78 is 1.55. The predicted octanol–water partition coefficient (Wildman–Crippen LogP) is 4.19. The molecule has 4 aromatic rings. The number of benzene rings is 3. The van der Waals surface area contributed by atoms with Crippen LogP contribution in [0.3, 0.4) is 0 Å². The number of rotatable bonds is 6. The van der Waals surface area contributed by atoms with Crippen LogP contribution in [0.15, 0.2) is 83.7 Å². The van der Waals surface area contributed by atoms with Crippen molar-refractivity contribution in [3.05, 3.63) is 94.2 Å². The van der Waals surface area contributed by atoms with Crippen molar-refractivity contribution in [2.75, 3.05) is 11.9 Å². The fourth-order valence-corrected chi connectivity index (χ4v) is 3.35. The molecule has 29 heavy (non-hydrogen) atoms. The topological polar surface area (TPSA) is 67.2 Å². The lowest BCUT2D eigenvalue weighted by Crippen LogP contribution is -2.32. The Labute approximate surface area is 173 Å². The van der Waals surface area contributed by atoms with Crippen molar-refractivity contribution in [3.63, 3.8) is 0 Å². The SMILES string of the molecule is O=c1c2ccccc2nc(-c2ccccc2)n1CC(O)CNc1ccc(Cl)cc1. The average molecular weight is 406 g/mol. The molecule has 0 bridgehead atoms. The number of aliphatic hydroxyl groups is 1. The Kier molecular flexibility index (Phi) is 5.60. The molecular weight excluding hydrogens is 386 g/mol. The highest BCUT2D eigenvalue weighted by atomic mass is 35.5. The molecule has 0 aliphatic carbocycles. The van der Waals surface area contributed by atoms with Gasteiger partial charge in [0.1, 0.15) is 5.82 Å². The Morgan fingerprint density at radius 3 is 2.41 bits per heavy atom. The molecule has 0 fully saturated rings. The molecule has 0 amide bonds. The van der Waals surface area contributed by atoms with Gasteiger partial charge in [-0.1, -0.05) is 54.1 Å². The summed E-state index contributed by atoms with van der Waals surface area (Å²) in [5.74, 6) is 0.542. The average Bonchev–Trinajstić information content (AvgIpc) is 2.76. The first-order valence-corrected chi connectivity index (χ1v) is 9.72. The molecule has 0 aliphatic heterocycles. The standard InChI is InChI=1S/C23H20ClN3O2/c24-17-10-12-18(13-11-17)25-14-19(28)15-27-22(16-6-2-1-3-7-16)26-21-9-5-4-8-20(21)23(27)29/h1-13,19,25,28H,14-15H2. The molecule has 1 atom stereocenters. The summed E-state index contributed by atoms with van der Waals surface area (Å²) in [6.07, 6.45) is -0.784. The number of fused-ring (bicyclic) bond motifs is 1. The van der Waals surface area contributed by atoms with Crippen LogP contribution in [-0.4, -0.2) is 27.3 Å². The van der Waals surface area contributed by atoms with Gasteiger partial charge in [0.15, 0.2) is 0 Å². The van der Waals surface area contributed by atoms with E-state index >= 15 is 0 Å². The van der Waals surface area contributed by atoms with Gasteiger partial charge in [0.25, 0.3) is 5.56 Å². The number of para-hydroxylation sites is 1. The molecule has 0 radical (unpaired) electrons. The normalized spacial score (nSPS) is 12.1. The fourth-order valence-electron chi connectivity index (χ4n) is 3.22. The summed E-state index contributed by atoms with van der Waals surface area (Å²) in [6, 6.07) is 24.0. The summed E-state index contributed by atoms with van der Waals surface area (Å²) >= 11 is 5.90. The molecule has 0 saturated heterocycles. The zero-order valence-electron chi connectivity index (χ0n) is 15.6. The number of hydrogen-bond acceptors (Lipinski definition) is 4. The van der Waals surface area contributed by atoms with E-state index in [1.54, 1.807) is 22.8 Å². The molecule has 1 unspecified atom stereocenters. The summed E-state index contributed by atoms with van der Waals surface area (Å²) in [5.41, 5.74) is 2.15. The number of nitrogens with one attached hydrogen (secondary N) is 1. The van der Waals surface area contributed by atoms with Crippen molar-refractivity contribution >= 4 is 28.2 Å². The van der Waals surface area contributed by atoms with Gasteiger partial charge < -0.3 is 10.4 Å². The molecule has 1 aromatic heterocycles. The van der Waals surface area contributed by atoms with Gasteiger partial charge in [-0.3, -0.25) is 9.36 Å². The fraction of sp³-hybridized carbons (Fsp3) is 0.130. The van der Waals surface area contributed by atoms with E-state index in [0.29, 0.717) is 21.7 Å². The Morgan fingerprint density at radius 2 is 1.66 bits per heavy atom. The lowest BCUT2D eigenvalue weighted by atomic mass is 10.1. The zero-order chi connectivity index (χ0) is 20.2. The van der Waals surface area contributed by atoms with Crippen LogP contribution < -0.4 is 10.9 Å². The van der Waals surface area contributed by atoms with E-state index in [9.17, 15) is 9.90 Å². The van der Waals surface area contributed by atoms with E-state index < -0.39 is 6.10 Å². The third kappa shape index (κ3) is 4.31. The molecule has 6 heteroatoms. The molecule has 2 N–H and O–H groups in total. The lowest BCUT2D eigenvalue weighted by molar-refractivity contribution is 0.165. The van der Waals surface area contributed by atoms with Crippen molar-refractivity contribution in [1.82, 2.24) is 9.55 Å². The first-order chi connectivity index (χ1) is 14.1. The van der Waals surface area contributed by atoms with Gasteiger partial charge in [0.2, 0.25) is 0 Å². The molecule has 0 aliphatic rings. The lowest BCUT2D eigenvalue weighted by Gasteiger charge is -2.18. The van der Waals surface area contributed by atoms with Crippen molar-refractivity contribution in [1.29, 1.82) is 0 Å². The van der Waals surface area contributed by atoms with Gasteiger partial charge >= 0.3 is 0 Å². The maximum atomic E-state index is 13.1. The van der Waals surface area contributed by atoms with Gasteiger partial charge in [-0.25, -0.2) is 4.98 Å². The number of halogens is 1. The highest BCUT2D eigenvalue weighted by Gasteiger charge is 2.15. The minimum Gasteiger partial charge on any atom is -0.389 e. The third-order valence-corrected chi connectivity index (χ3v) is 4.92. The highest BCUT2D eigenvalue weighted by Crippen LogP contribution is 2.19. The Balaban J connectivity index is 1.65. The van der Waals surface area contributed by atoms with E-state index in [2.05, 4.69) is 5.32 Å². The van der Waals surface area contributed by atoms with Crippen LogP contribution in [0, 0.1) is 0 Å². The van der Waals surface area contributed by atoms with Crippen LogP contribution in [0.4, 0.5) is 5.69 Å². The minimum absolute atomic E-state index is 0.126. The van der Waals surface area contributed by atoms with Crippen LogP contribution in [0.25, 0.3) is 22.3 Å². The number of nitrogens with zero attached hydrogens (tertiary/aromatic N) is 2. The van der Waals surface area contributed by atoms with E-state index in [0.717, 1.165) is 11.3 Å². The monoisotopic (exact) mass is 405 g/mol. The number of aromatic nitrogens is 2. The third-order valence-electron chi connectivity index (χ3n) is 4.67. The molecule has 0 saturated carbocycles. The first kappa shape index (κ1) is 19.2. The van der Waals surface area contributed by atoms with Crippen molar-refractivity contribution in [3.8, 4) is 11.4 Å². The summed E-state index contributed by atoms with van der Waals surface area (Å²) in [6.45, 7) is 0.413. The van der Waals surface area contributed by atoms with E-state index in [1.807, 2.05) is 60.7 Å². The summed E-state index contributed by atoms with van der Waals surface area (Å²) in [5, 5.41) is 15.0. The number of anilines is 1. The maximum Gasteiger partial charge on any atom is 0.261 e. The maximum absolute atomic E-state index is 13.1. The summed E-state index contributed by atoms with van der Waals surface area (Å²) in [7, 11) is 0. The second-order valence-electron chi connectivity index (χ2n) is 6.78. The largest absolute Gasteiger partial charge is 0.389 e. The second-order valence-corrected chi connectivity index (χ2v) is 7.21. The van der Waals surface area contributed by atoms with E-state index in [4.69, 9.17) is 16.6 Å². The van der Waals surface area contributed by atoms with Crippen LogP contribution in [0.1, 0.15) is 0 Å². The Hall–Kier alpha value is -3.15. The second kappa shape index (κ2) is 8.47. The van der Waals surface area contributed by atoms with Gasteiger partial charge in [0.05, 0.1) is 23.6 Å². The van der Waals surface area contributed by atoms with E-state index in [-0.39, 0.29) is 18.6 Å². The van der Waals surface area contributed by atoms with Crippen molar-refractivity contribution in [2.45, 2.75) is 12.6 Å². The molecule has 0 spiro atoms. The minimum atomic E-state index is -0.784. The van der Waals surface area contributed by atoms with Crippen LogP contribution in [0.2, 0.25) is 5.02 Å². The van der Waals surface area contributed by atoms with Crippen LogP contribution >= 0.6 is 11.6 Å². The van der Waals surface area contributed by atoms with Gasteiger partial charge in [-0.15, -0.1) is 0 Å².